The summed E-state index contributed by atoms with van der Waals surface area (Å²) in [6.07, 6.45) is 0.446. The number of carbonyl (C=O) groups excluding carboxylic acids is 2. The Morgan fingerprint density at radius 2 is 2.00 bits per heavy atom. The number of amides is 2. The third-order valence-corrected chi connectivity index (χ3v) is 4.83. The summed E-state index contributed by atoms with van der Waals surface area (Å²) in [5.74, 6) is 0.172. The molecule has 2 aromatic rings. The number of nitrogens with zero attached hydrogens (tertiary/aromatic N) is 2. The van der Waals surface area contributed by atoms with Gasteiger partial charge in [0.1, 0.15) is 18.1 Å². The number of ether oxygens (including phenoxy) is 2. The molecule has 2 saturated heterocycles. The summed E-state index contributed by atoms with van der Waals surface area (Å²) in [5, 5.41) is 6.72. The molecule has 1 N–H and O–H groups in total. The highest BCUT2D eigenvalue weighted by Gasteiger charge is 2.45. The minimum absolute atomic E-state index is 0.187. The first kappa shape index (κ1) is 17.3. The molecule has 0 unspecified atom stereocenters. The van der Waals surface area contributed by atoms with E-state index in [0.717, 1.165) is 5.56 Å². The Bertz CT molecular complexity index is 843. The number of rotatable bonds is 3. The molecular formula is C18H18FN3O5. The third kappa shape index (κ3) is 3.71. The quantitative estimate of drug-likeness (QED) is 0.829. The van der Waals surface area contributed by atoms with Crippen LogP contribution in [-0.4, -0.2) is 47.5 Å². The zero-order valence-electron chi connectivity index (χ0n) is 14.4. The van der Waals surface area contributed by atoms with Crippen molar-refractivity contribution < 1.29 is 28.0 Å². The lowest BCUT2D eigenvalue weighted by Gasteiger charge is -2.36. The van der Waals surface area contributed by atoms with E-state index in [4.69, 9.17) is 14.0 Å². The molecule has 9 heteroatoms. The second kappa shape index (κ2) is 6.90. The fourth-order valence-corrected chi connectivity index (χ4v) is 3.22. The largest absolute Gasteiger partial charge is 0.509 e. The third-order valence-electron chi connectivity index (χ3n) is 4.83. The molecule has 0 bridgehead atoms. The summed E-state index contributed by atoms with van der Waals surface area (Å²) >= 11 is 0. The lowest BCUT2D eigenvalue weighted by atomic mass is 9.92. The Balaban J connectivity index is 1.29. The van der Waals surface area contributed by atoms with Crippen LogP contribution in [0.15, 0.2) is 34.9 Å². The first-order chi connectivity index (χ1) is 13.0. The number of halogens is 1. The van der Waals surface area contributed by atoms with Gasteiger partial charge in [-0.2, -0.15) is 0 Å². The Morgan fingerprint density at radius 3 is 2.67 bits per heavy atom. The molecule has 0 radical (unpaired) electrons. The molecule has 2 aliphatic rings. The summed E-state index contributed by atoms with van der Waals surface area (Å²) in [4.78, 5) is 25.1. The van der Waals surface area contributed by atoms with Crippen LogP contribution >= 0.6 is 0 Å². The minimum atomic E-state index is -0.643. The molecule has 8 nitrogen and oxygen atoms in total. The maximum Gasteiger partial charge on any atom is 0.509 e. The number of aromatic nitrogens is 1. The van der Waals surface area contributed by atoms with Crippen LogP contribution in [0.2, 0.25) is 0 Å². The van der Waals surface area contributed by atoms with Gasteiger partial charge in [-0.1, -0.05) is 5.16 Å². The molecule has 3 heterocycles. The average Bonchev–Trinajstić information content (AvgIpc) is 3.28. The number of carbonyl (C=O) groups is 2. The fourth-order valence-electron chi connectivity index (χ4n) is 3.22. The Hall–Kier alpha value is -3.10. The highest BCUT2D eigenvalue weighted by Crippen LogP contribution is 2.31. The lowest BCUT2D eigenvalue weighted by Crippen LogP contribution is -2.50. The van der Waals surface area contributed by atoms with Gasteiger partial charge in [0.2, 0.25) is 0 Å². The zero-order valence-corrected chi connectivity index (χ0v) is 14.4. The van der Waals surface area contributed by atoms with Gasteiger partial charge in [-0.15, -0.1) is 0 Å². The van der Waals surface area contributed by atoms with Gasteiger partial charge in [-0.05, 0) is 24.3 Å². The Morgan fingerprint density at radius 1 is 1.26 bits per heavy atom. The minimum Gasteiger partial charge on any atom is -0.430 e. The van der Waals surface area contributed by atoms with E-state index in [1.165, 1.54) is 12.1 Å². The maximum atomic E-state index is 13.0. The van der Waals surface area contributed by atoms with Crippen LogP contribution in [0.5, 0.6) is 0 Å². The van der Waals surface area contributed by atoms with Crippen molar-refractivity contribution >= 4 is 12.2 Å². The SMILES string of the molecule is O=C1OCC2(CCN(C(=O)NCc3cc(-c4ccc(F)cc4)no3)CC2)O1. The van der Waals surface area contributed by atoms with Crippen LogP contribution in [0.25, 0.3) is 11.3 Å². The van der Waals surface area contributed by atoms with Crippen molar-refractivity contribution in [2.45, 2.75) is 25.0 Å². The lowest BCUT2D eigenvalue weighted by molar-refractivity contribution is 0.00928. The van der Waals surface area contributed by atoms with Gasteiger partial charge < -0.3 is 24.2 Å². The van der Waals surface area contributed by atoms with Gasteiger partial charge in [0.05, 0.1) is 6.54 Å². The summed E-state index contributed by atoms with van der Waals surface area (Å²) in [6, 6.07) is 7.39. The predicted molar refractivity (Wildman–Crippen MR) is 90.1 cm³/mol. The summed E-state index contributed by atoms with van der Waals surface area (Å²) in [7, 11) is 0. The van der Waals surface area contributed by atoms with E-state index in [1.54, 1.807) is 23.1 Å². The van der Waals surface area contributed by atoms with E-state index < -0.39 is 11.8 Å². The van der Waals surface area contributed by atoms with E-state index in [1.807, 2.05) is 0 Å². The monoisotopic (exact) mass is 375 g/mol. The number of benzene rings is 1. The first-order valence-corrected chi connectivity index (χ1v) is 8.63. The number of piperidine rings is 1. The summed E-state index contributed by atoms with van der Waals surface area (Å²) in [6.45, 7) is 1.37. The normalized spacial score (nSPS) is 18.3. The van der Waals surface area contributed by atoms with E-state index in [2.05, 4.69) is 10.5 Å². The highest BCUT2D eigenvalue weighted by atomic mass is 19.1. The number of likely N-dealkylation sites (tertiary alicyclic amines) is 1. The fraction of sp³-hybridized carbons (Fsp3) is 0.389. The number of urea groups is 1. The Kier molecular flexibility index (Phi) is 4.43. The number of hydrogen-bond acceptors (Lipinski definition) is 6. The van der Waals surface area contributed by atoms with Crippen LogP contribution in [-0.2, 0) is 16.0 Å². The van der Waals surface area contributed by atoms with Crippen molar-refractivity contribution in [1.82, 2.24) is 15.4 Å². The summed E-state index contributed by atoms with van der Waals surface area (Å²) in [5.41, 5.74) is 0.706. The molecule has 1 aromatic heterocycles. The molecule has 1 spiro atoms. The maximum absolute atomic E-state index is 13.0. The average molecular weight is 375 g/mol. The van der Waals surface area contributed by atoms with E-state index in [9.17, 15) is 14.0 Å². The highest BCUT2D eigenvalue weighted by molar-refractivity contribution is 5.74. The van der Waals surface area contributed by atoms with Gasteiger partial charge in [0.15, 0.2) is 11.4 Å². The number of cyclic esters (lactones) is 1. The van der Waals surface area contributed by atoms with E-state index in [-0.39, 0.29) is 25.0 Å². The topological polar surface area (TPSA) is 93.9 Å². The Labute approximate surface area is 154 Å². The van der Waals surface area contributed by atoms with E-state index >= 15 is 0 Å². The van der Waals surface area contributed by atoms with Crippen LogP contribution in [0, 0.1) is 5.82 Å². The van der Waals surface area contributed by atoms with Crippen molar-refractivity contribution in [3.05, 3.63) is 41.9 Å². The predicted octanol–water partition coefficient (Wildman–Crippen LogP) is 2.69. The molecular weight excluding hydrogens is 357 g/mol. The number of nitrogens with one attached hydrogen (secondary N) is 1. The molecule has 142 valence electrons. The van der Waals surface area contributed by atoms with Crippen molar-refractivity contribution in [2.75, 3.05) is 19.7 Å². The molecule has 2 amide bonds. The molecule has 0 saturated carbocycles. The van der Waals surface area contributed by atoms with Crippen LogP contribution in [0.1, 0.15) is 18.6 Å². The molecule has 2 fully saturated rings. The van der Waals surface area contributed by atoms with Crippen molar-refractivity contribution in [2.24, 2.45) is 0 Å². The van der Waals surface area contributed by atoms with Crippen molar-refractivity contribution in [3.63, 3.8) is 0 Å². The second-order valence-electron chi connectivity index (χ2n) is 6.65. The second-order valence-corrected chi connectivity index (χ2v) is 6.65. The van der Waals surface area contributed by atoms with Crippen LogP contribution in [0.4, 0.5) is 14.0 Å². The van der Waals surface area contributed by atoms with Crippen LogP contribution < -0.4 is 5.32 Å². The molecule has 1 aromatic carbocycles. The van der Waals surface area contributed by atoms with Crippen molar-refractivity contribution in [1.29, 1.82) is 0 Å². The van der Waals surface area contributed by atoms with Gasteiger partial charge >= 0.3 is 12.2 Å². The van der Waals surface area contributed by atoms with Gasteiger partial charge in [0, 0.05) is 37.6 Å². The number of hydrogen-bond donors (Lipinski definition) is 1. The standard InChI is InChI=1S/C18H18FN3O5/c19-13-3-1-12(2-4-13)15-9-14(27-21-15)10-20-16(23)22-7-5-18(6-8-22)11-25-17(24)26-18/h1-4,9H,5-8,10-11H2,(H,20,23). The smallest absolute Gasteiger partial charge is 0.430 e. The molecule has 0 atom stereocenters. The molecule has 27 heavy (non-hydrogen) atoms. The summed E-state index contributed by atoms with van der Waals surface area (Å²) < 4.78 is 28.3. The van der Waals surface area contributed by atoms with Gasteiger partial charge in [-0.3, -0.25) is 0 Å². The van der Waals surface area contributed by atoms with Crippen LogP contribution in [0.3, 0.4) is 0 Å². The first-order valence-electron chi connectivity index (χ1n) is 8.63. The van der Waals surface area contributed by atoms with Gasteiger partial charge in [0.25, 0.3) is 0 Å². The zero-order chi connectivity index (χ0) is 18.9. The van der Waals surface area contributed by atoms with Gasteiger partial charge in [-0.25, -0.2) is 14.0 Å². The molecule has 0 aliphatic carbocycles. The molecule has 2 aliphatic heterocycles. The van der Waals surface area contributed by atoms with Crippen molar-refractivity contribution in [3.8, 4) is 11.3 Å². The molecule has 4 rings (SSSR count). The van der Waals surface area contributed by atoms with E-state index in [0.29, 0.717) is 37.4 Å².